The van der Waals surface area contributed by atoms with E-state index in [9.17, 15) is 14.7 Å². The molecule has 0 saturated carbocycles. The summed E-state index contributed by atoms with van der Waals surface area (Å²) in [7, 11) is 5.70. The van der Waals surface area contributed by atoms with Crippen molar-refractivity contribution in [1.29, 1.82) is 0 Å². The number of carbonyl (C=O) groups excluding carboxylic acids is 1. The van der Waals surface area contributed by atoms with Crippen LogP contribution < -0.4 is 29.0 Å². The molecular formula is C21H23NO9. The van der Waals surface area contributed by atoms with Gasteiger partial charge in [0.1, 0.15) is 5.92 Å². The van der Waals surface area contributed by atoms with Crippen LogP contribution in [0.1, 0.15) is 21.8 Å². The molecule has 3 rings (SSSR count). The molecule has 0 aliphatic carbocycles. The molecule has 0 bridgehead atoms. The number of carboxylic acid groups (broad SMARTS) is 1. The van der Waals surface area contributed by atoms with Gasteiger partial charge < -0.3 is 33.9 Å². The lowest BCUT2D eigenvalue weighted by atomic mass is 9.89. The fraction of sp³-hybridized carbons (Fsp3) is 0.333. The van der Waals surface area contributed by atoms with Crippen LogP contribution in [0.5, 0.6) is 34.5 Å². The lowest BCUT2D eigenvalue weighted by Crippen LogP contribution is -2.41. The van der Waals surface area contributed by atoms with Crippen molar-refractivity contribution in [2.75, 3.05) is 35.0 Å². The predicted molar refractivity (Wildman–Crippen MR) is 108 cm³/mol. The van der Waals surface area contributed by atoms with E-state index in [1.165, 1.54) is 46.6 Å². The number of ketones is 1. The van der Waals surface area contributed by atoms with Gasteiger partial charge in [-0.05, 0) is 18.2 Å². The van der Waals surface area contributed by atoms with E-state index in [4.69, 9.17) is 28.8 Å². The first-order chi connectivity index (χ1) is 14.9. The summed E-state index contributed by atoms with van der Waals surface area (Å²) in [5, 5.41) is 22.2. The molecule has 0 aromatic heterocycles. The Morgan fingerprint density at radius 3 is 2.13 bits per heavy atom. The average molecular weight is 433 g/mol. The van der Waals surface area contributed by atoms with E-state index < -0.39 is 30.4 Å². The standard InChI is InChI=1S/C21H23NO9/c1-27-12-6-5-11-16(21(22-9-15(23)24)31-19(11)18(12)26)17(25)10-7-13(28-2)20(30-4)14(8-10)29-3/h5-8,16,21-22,26H,9H2,1-4H3,(H,23,24). The summed E-state index contributed by atoms with van der Waals surface area (Å²) < 4.78 is 26.8. The van der Waals surface area contributed by atoms with Crippen molar-refractivity contribution in [2.45, 2.75) is 12.1 Å². The Balaban J connectivity index is 2.09. The number of aliphatic carboxylic acids is 1. The number of carboxylic acids is 1. The van der Waals surface area contributed by atoms with Crippen molar-refractivity contribution < 1.29 is 43.5 Å². The zero-order valence-corrected chi connectivity index (χ0v) is 17.4. The number of aromatic hydroxyl groups is 1. The van der Waals surface area contributed by atoms with E-state index in [-0.39, 0.29) is 34.3 Å². The molecule has 3 N–H and O–H groups in total. The normalized spacial score (nSPS) is 16.8. The number of hydrogen-bond donors (Lipinski definition) is 3. The third-order valence-electron chi connectivity index (χ3n) is 4.91. The van der Waals surface area contributed by atoms with Gasteiger partial charge in [0.2, 0.25) is 11.5 Å². The lowest BCUT2D eigenvalue weighted by Gasteiger charge is -2.20. The molecule has 10 heteroatoms. The van der Waals surface area contributed by atoms with E-state index in [0.717, 1.165) is 0 Å². The van der Waals surface area contributed by atoms with Crippen LogP contribution in [-0.4, -0.2) is 63.2 Å². The Morgan fingerprint density at radius 1 is 1.00 bits per heavy atom. The van der Waals surface area contributed by atoms with Crippen molar-refractivity contribution in [2.24, 2.45) is 0 Å². The number of phenols is 1. The number of ether oxygens (including phenoxy) is 5. The molecule has 10 nitrogen and oxygen atoms in total. The van der Waals surface area contributed by atoms with E-state index in [1.807, 2.05) is 0 Å². The number of methoxy groups -OCH3 is 4. The molecule has 0 fully saturated rings. The largest absolute Gasteiger partial charge is 0.502 e. The van der Waals surface area contributed by atoms with E-state index >= 15 is 0 Å². The fourth-order valence-corrected chi connectivity index (χ4v) is 3.49. The second-order valence-corrected chi connectivity index (χ2v) is 6.60. The predicted octanol–water partition coefficient (Wildman–Crippen LogP) is 1.79. The van der Waals surface area contributed by atoms with Crippen molar-refractivity contribution in [3.63, 3.8) is 0 Å². The number of phenolic OH excluding ortho intramolecular Hbond substituents is 1. The molecule has 31 heavy (non-hydrogen) atoms. The highest BCUT2D eigenvalue weighted by atomic mass is 16.5. The van der Waals surface area contributed by atoms with Crippen LogP contribution in [0, 0.1) is 0 Å². The molecule has 0 radical (unpaired) electrons. The molecule has 2 unspecified atom stereocenters. The Kier molecular flexibility index (Phi) is 6.40. The van der Waals surface area contributed by atoms with Crippen LogP contribution in [-0.2, 0) is 4.79 Å². The van der Waals surface area contributed by atoms with Crippen molar-refractivity contribution in [1.82, 2.24) is 5.32 Å². The quantitative estimate of drug-likeness (QED) is 0.503. The molecule has 166 valence electrons. The average Bonchev–Trinajstić information content (AvgIpc) is 3.15. The zero-order chi connectivity index (χ0) is 22.7. The van der Waals surface area contributed by atoms with Gasteiger partial charge >= 0.3 is 5.97 Å². The van der Waals surface area contributed by atoms with Crippen LogP contribution in [0.15, 0.2) is 24.3 Å². The maximum atomic E-state index is 13.5. The summed E-state index contributed by atoms with van der Waals surface area (Å²) in [5.41, 5.74) is 0.619. The van der Waals surface area contributed by atoms with Crippen molar-refractivity contribution in [3.8, 4) is 34.5 Å². The summed E-state index contributed by atoms with van der Waals surface area (Å²) in [5.74, 6) is -1.63. The number of Topliss-reactive ketones (excluding diaryl/α,β-unsaturated/α-hetero) is 1. The Morgan fingerprint density at radius 2 is 1.61 bits per heavy atom. The van der Waals surface area contributed by atoms with Gasteiger partial charge in [-0.15, -0.1) is 0 Å². The first-order valence-electron chi connectivity index (χ1n) is 9.22. The summed E-state index contributed by atoms with van der Waals surface area (Å²) in [6.07, 6.45) is -1.03. The van der Waals surface area contributed by atoms with Gasteiger partial charge in [0, 0.05) is 11.1 Å². The molecule has 0 amide bonds. The van der Waals surface area contributed by atoms with Gasteiger partial charge in [-0.2, -0.15) is 0 Å². The highest BCUT2D eigenvalue weighted by Crippen LogP contribution is 2.49. The third-order valence-corrected chi connectivity index (χ3v) is 4.91. The maximum absolute atomic E-state index is 13.5. The highest BCUT2D eigenvalue weighted by molar-refractivity contribution is 6.03. The number of carbonyl (C=O) groups is 2. The summed E-state index contributed by atoms with van der Waals surface area (Å²) in [6.45, 7) is -0.449. The Bertz CT molecular complexity index is 980. The molecule has 1 aliphatic rings. The van der Waals surface area contributed by atoms with Crippen molar-refractivity contribution in [3.05, 3.63) is 35.4 Å². The Labute approximate surface area is 178 Å². The third kappa shape index (κ3) is 4.02. The molecule has 1 aliphatic heterocycles. The van der Waals surface area contributed by atoms with Gasteiger partial charge in [-0.1, -0.05) is 6.07 Å². The SMILES string of the molecule is COc1ccc2c(c1O)OC(NCC(=O)O)C2C(=O)c1cc(OC)c(OC)c(OC)c1. The molecule has 2 aromatic rings. The van der Waals surface area contributed by atoms with E-state index in [2.05, 4.69) is 5.32 Å². The zero-order valence-electron chi connectivity index (χ0n) is 17.4. The van der Waals surface area contributed by atoms with Crippen LogP contribution in [0.3, 0.4) is 0 Å². The molecule has 1 heterocycles. The van der Waals surface area contributed by atoms with Crippen molar-refractivity contribution >= 4 is 11.8 Å². The molecular weight excluding hydrogens is 410 g/mol. The summed E-state index contributed by atoms with van der Waals surface area (Å²) in [6, 6.07) is 6.10. The van der Waals surface area contributed by atoms with Gasteiger partial charge in [-0.25, -0.2) is 0 Å². The molecule has 0 spiro atoms. The van der Waals surface area contributed by atoms with E-state index in [0.29, 0.717) is 11.3 Å². The number of nitrogens with one attached hydrogen (secondary N) is 1. The maximum Gasteiger partial charge on any atom is 0.317 e. The first kappa shape index (κ1) is 22.0. The Hall–Kier alpha value is -3.66. The van der Waals surface area contributed by atoms with Crippen LogP contribution >= 0.6 is 0 Å². The number of rotatable bonds is 9. The van der Waals surface area contributed by atoms with E-state index in [1.54, 1.807) is 6.07 Å². The number of fused-ring (bicyclic) bond motifs is 1. The summed E-state index contributed by atoms with van der Waals surface area (Å²) >= 11 is 0. The minimum absolute atomic E-state index is 0.0491. The molecule has 2 aromatic carbocycles. The highest BCUT2D eigenvalue weighted by Gasteiger charge is 2.42. The topological polar surface area (TPSA) is 133 Å². The lowest BCUT2D eigenvalue weighted by molar-refractivity contribution is -0.136. The van der Waals surface area contributed by atoms with Gasteiger partial charge in [0.15, 0.2) is 35.0 Å². The number of benzene rings is 2. The van der Waals surface area contributed by atoms with Gasteiger partial charge in [-0.3, -0.25) is 14.9 Å². The monoisotopic (exact) mass is 433 g/mol. The second-order valence-electron chi connectivity index (χ2n) is 6.60. The minimum atomic E-state index is -1.12. The fourth-order valence-electron chi connectivity index (χ4n) is 3.49. The van der Waals surface area contributed by atoms with Gasteiger partial charge in [0.25, 0.3) is 0 Å². The molecule has 2 atom stereocenters. The minimum Gasteiger partial charge on any atom is -0.502 e. The van der Waals surface area contributed by atoms with Gasteiger partial charge in [0.05, 0.1) is 35.0 Å². The second kappa shape index (κ2) is 9.00. The van der Waals surface area contributed by atoms with Crippen LogP contribution in [0.25, 0.3) is 0 Å². The number of hydrogen-bond acceptors (Lipinski definition) is 9. The van der Waals surface area contributed by atoms with Crippen LogP contribution in [0.2, 0.25) is 0 Å². The summed E-state index contributed by atoms with van der Waals surface area (Å²) in [4.78, 5) is 24.6. The smallest absolute Gasteiger partial charge is 0.317 e. The molecule has 0 saturated heterocycles. The van der Waals surface area contributed by atoms with Crippen LogP contribution in [0.4, 0.5) is 0 Å². The first-order valence-corrected chi connectivity index (χ1v) is 9.22.